The van der Waals surface area contributed by atoms with E-state index in [9.17, 15) is 14.4 Å². The number of nitrogens with zero attached hydrogens (tertiary/aromatic N) is 4. The fourth-order valence-corrected chi connectivity index (χ4v) is 7.59. The van der Waals surface area contributed by atoms with Gasteiger partial charge in [0.25, 0.3) is 5.91 Å². The van der Waals surface area contributed by atoms with Gasteiger partial charge in [-0.3, -0.25) is 19.1 Å². The van der Waals surface area contributed by atoms with E-state index in [0.717, 1.165) is 30.5 Å². The molecule has 3 heterocycles. The summed E-state index contributed by atoms with van der Waals surface area (Å²) in [6.45, 7) is 8.21. The first-order valence-corrected chi connectivity index (χ1v) is 17.1. The second-order valence-electron chi connectivity index (χ2n) is 14.4. The summed E-state index contributed by atoms with van der Waals surface area (Å²) in [6.07, 6.45) is 11.5. The molecule has 10 heteroatoms. The molecule has 2 amide bonds. The van der Waals surface area contributed by atoms with Crippen LogP contribution in [0, 0.1) is 11.3 Å². The first-order valence-electron chi connectivity index (χ1n) is 16.8. The topological polar surface area (TPSA) is 110 Å². The van der Waals surface area contributed by atoms with E-state index in [2.05, 4.69) is 36.2 Å². The Bertz CT molecular complexity index is 1760. The lowest BCUT2D eigenvalue weighted by Crippen LogP contribution is -2.54. The zero-order valence-corrected chi connectivity index (χ0v) is 28.3. The molecule has 1 aliphatic heterocycles. The number of benzene rings is 2. The highest BCUT2D eigenvalue weighted by Crippen LogP contribution is 2.47. The van der Waals surface area contributed by atoms with Crippen molar-refractivity contribution < 1.29 is 14.0 Å². The summed E-state index contributed by atoms with van der Waals surface area (Å²) < 4.78 is 7.88. The molecule has 6 rings (SSSR count). The number of halogens is 1. The summed E-state index contributed by atoms with van der Waals surface area (Å²) in [5.41, 5.74) is 1.79. The fourth-order valence-electron chi connectivity index (χ4n) is 7.46. The Morgan fingerprint density at radius 1 is 1.04 bits per heavy atom. The molecule has 0 bridgehead atoms. The van der Waals surface area contributed by atoms with Crippen LogP contribution in [0.1, 0.15) is 87.4 Å². The predicted molar refractivity (Wildman–Crippen MR) is 182 cm³/mol. The molecule has 0 radical (unpaired) electrons. The summed E-state index contributed by atoms with van der Waals surface area (Å²) in [5.74, 6) is -0.291. The number of carbonyl (C=O) groups is 2. The Kier molecular flexibility index (Phi) is 9.55. The number of rotatable bonds is 8. The SMILES string of the molecule is CC(C)(C)c1ccc2oc(C(=O)N[C@H](Cc3ccc(Cl)cc3)C(=O)N3CCC(Cn4cncn4)(C4CCCCC4)CC3)cc(=O)c2c1. The number of amides is 2. The molecule has 4 aromatic rings. The van der Waals surface area contributed by atoms with E-state index in [1.807, 2.05) is 33.8 Å². The second kappa shape index (κ2) is 13.6. The average Bonchev–Trinajstić information content (AvgIpc) is 3.58. The van der Waals surface area contributed by atoms with Crippen LogP contribution in [0.15, 0.2) is 70.4 Å². The first-order chi connectivity index (χ1) is 22.5. The first kappa shape index (κ1) is 32.9. The highest BCUT2D eigenvalue weighted by molar-refractivity contribution is 6.30. The van der Waals surface area contributed by atoms with Crippen LogP contribution < -0.4 is 10.7 Å². The van der Waals surface area contributed by atoms with Gasteiger partial charge in [-0.05, 0) is 77.8 Å². The van der Waals surface area contributed by atoms with Gasteiger partial charge in [0.05, 0.1) is 5.39 Å². The number of fused-ring (bicyclic) bond motifs is 1. The van der Waals surface area contributed by atoms with Crippen LogP contribution in [0.25, 0.3) is 11.0 Å². The third-order valence-corrected chi connectivity index (χ3v) is 10.5. The van der Waals surface area contributed by atoms with Gasteiger partial charge in [0, 0.05) is 37.1 Å². The summed E-state index contributed by atoms with van der Waals surface area (Å²) in [6, 6.07) is 13.1. The maximum atomic E-state index is 14.2. The van der Waals surface area contributed by atoms with Gasteiger partial charge in [0.2, 0.25) is 5.91 Å². The van der Waals surface area contributed by atoms with E-state index in [4.69, 9.17) is 16.0 Å². The fraction of sp³-hybridized carbons (Fsp3) is 0.486. The lowest BCUT2D eigenvalue weighted by Gasteiger charge is -2.48. The third-order valence-electron chi connectivity index (χ3n) is 10.3. The Balaban J connectivity index is 1.23. The number of aromatic nitrogens is 3. The maximum absolute atomic E-state index is 14.2. The lowest BCUT2D eigenvalue weighted by molar-refractivity contribution is -0.136. The van der Waals surface area contributed by atoms with Gasteiger partial charge < -0.3 is 14.6 Å². The quantitative estimate of drug-likeness (QED) is 0.230. The molecule has 2 aromatic carbocycles. The number of likely N-dealkylation sites (tertiary alicyclic amines) is 1. The van der Waals surface area contributed by atoms with E-state index < -0.39 is 11.9 Å². The second-order valence-corrected chi connectivity index (χ2v) is 14.8. The zero-order valence-electron chi connectivity index (χ0n) is 27.5. The minimum Gasteiger partial charge on any atom is -0.451 e. The van der Waals surface area contributed by atoms with Crippen molar-refractivity contribution in [2.45, 2.75) is 90.1 Å². The van der Waals surface area contributed by atoms with Crippen molar-refractivity contribution in [3.63, 3.8) is 0 Å². The van der Waals surface area contributed by atoms with Crippen molar-refractivity contribution in [3.05, 3.63) is 93.3 Å². The van der Waals surface area contributed by atoms with Crippen molar-refractivity contribution in [1.29, 1.82) is 0 Å². The Labute approximate surface area is 280 Å². The molecule has 9 nitrogen and oxygen atoms in total. The van der Waals surface area contributed by atoms with Gasteiger partial charge in [0.1, 0.15) is 24.3 Å². The molecule has 2 fully saturated rings. The van der Waals surface area contributed by atoms with Crippen LogP contribution in [-0.2, 0) is 23.2 Å². The van der Waals surface area contributed by atoms with E-state index in [1.165, 1.54) is 38.2 Å². The van der Waals surface area contributed by atoms with E-state index in [1.54, 1.807) is 30.9 Å². The monoisotopic (exact) mass is 657 g/mol. The van der Waals surface area contributed by atoms with Gasteiger partial charge >= 0.3 is 0 Å². The van der Waals surface area contributed by atoms with Gasteiger partial charge in [-0.1, -0.05) is 69.8 Å². The van der Waals surface area contributed by atoms with E-state index in [0.29, 0.717) is 35.0 Å². The molecule has 2 aliphatic rings. The molecule has 0 spiro atoms. The largest absolute Gasteiger partial charge is 0.451 e. The average molecular weight is 658 g/mol. The minimum atomic E-state index is -0.856. The summed E-state index contributed by atoms with van der Waals surface area (Å²) in [4.78, 5) is 47.1. The Morgan fingerprint density at radius 2 is 1.77 bits per heavy atom. The Morgan fingerprint density at radius 3 is 2.43 bits per heavy atom. The molecule has 248 valence electrons. The van der Waals surface area contributed by atoms with Crippen LogP contribution in [0.5, 0.6) is 0 Å². The highest BCUT2D eigenvalue weighted by atomic mass is 35.5. The predicted octanol–water partition coefficient (Wildman–Crippen LogP) is 6.57. The molecule has 1 N–H and O–H groups in total. The normalized spacial score (nSPS) is 17.8. The van der Waals surface area contributed by atoms with Gasteiger partial charge in [-0.25, -0.2) is 4.98 Å². The van der Waals surface area contributed by atoms with Crippen molar-refractivity contribution in [2.75, 3.05) is 13.1 Å². The van der Waals surface area contributed by atoms with Crippen molar-refractivity contribution >= 4 is 34.4 Å². The van der Waals surface area contributed by atoms with Crippen molar-refractivity contribution in [2.24, 2.45) is 11.3 Å². The molecule has 47 heavy (non-hydrogen) atoms. The number of carbonyl (C=O) groups excluding carboxylic acids is 2. The Hall–Kier alpha value is -3.98. The molecule has 2 aromatic heterocycles. The van der Waals surface area contributed by atoms with Crippen LogP contribution in [-0.4, -0.2) is 50.6 Å². The smallest absolute Gasteiger partial charge is 0.287 e. The number of piperidine rings is 1. The molecule has 1 saturated carbocycles. The molecule has 1 aliphatic carbocycles. The highest BCUT2D eigenvalue weighted by Gasteiger charge is 2.44. The van der Waals surface area contributed by atoms with E-state index in [-0.39, 0.29) is 34.3 Å². The summed E-state index contributed by atoms with van der Waals surface area (Å²) in [7, 11) is 0. The standard InChI is InChI=1S/C37H44ClN5O4/c1-36(2,3)27-11-14-32-29(20-27)31(44)21-33(47-32)34(45)41-30(19-25-9-12-28(38)13-10-25)35(46)42-17-15-37(16-18-42,22-43-24-39-23-40-43)26-7-5-4-6-8-26/h9-14,20-21,23-24,26,30H,4-8,15-19,22H2,1-3H3,(H,41,45)/t30-/m1/s1. The van der Waals surface area contributed by atoms with Crippen molar-refractivity contribution in [3.8, 4) is 0 Å². The number of hydrogen-bond acceptors (Lipinski definition) is 6. The molecule has 1 atom stereocenters. The summed E-state index contributed by atoms with van der Waals surface area (Å²) >= 11 is 6.14. The van der Waals surface area contributed by atoms with Gasteiger partial charge in [0.15, 0.2) is 11.2 Å². The van der Waals surface area contributed by atoms with Gasteiger partial charge in [-0.2, -0.15) is 5.10 Å². The number of nitrogens with one attached hydrogen (secondary N) is 1. The van der Waals surface area contributed by atoms with Crippen LogP contribution in [0.2, 0.25) is 5.02 Å². The zero-order chi connectivity index (χ0) is 33.2. The van der Waals surface area contributed by atoms with Gasteiger partial charge in [-0.15, -0.1) is 0 Å². The van der Waals surface area contributed by atoms with Crippen molar-refractivity contribution in [1.82, 2.24) is 25.0 Å². The third kappa shape index (κ3) is 7.45. The van der Waals surface area contributed by atoms with Crippen LogP contribution in [0.3, 0.4) is 0 Å². The molecular weight excluding hydrogens is 614 g/mol. The number of hydrogen-bond donors (Lipinski definition) is 1. The maximum Gasteiger partial charge on any atom is 0.287 e. The molecule has 0 unspecified atom stereocenters. The molecular formula is C37H44ClN5O4. The minimum absolute atomic E-state index is 0.0428. The van der Waals surface area contributed by atoms with E-state index >= 15 is 0 Å². The van der Waals surface area contributed by atoms with Crippen LogP contribution >= 0.6 is 11.6 Å². The van der Waals surface area contributed by atoms with Crippen LogP contribution in [0.4, 0.5) is 0 Å². The summed E-state index contributed by atoms with van der Waals surface area (Å²) in [5, 5.41) is 8.36. The molecule has 1 saturated heterocycles. The lowest BCUT2D eigenvalue weighted by atomic mass is 9.63.